The number of nitrogens with two attached hydrogens (primary N) is 1. The van der Waals surface area contributed by atoms with E-state index in [-0.39, 0.29) is 0 Å². The van der Waals surface area contributed by atoms with E-state index in [2.05, 4.69) is 0 Å². The highest BCUT2D eigenvalue weighted by Crippen LogP contribution is 2.38. The Bertz CT molecular complexity index is 491. The fourth-order valence-corrected chi connectivity index (χ4v) is 1.51. The van der Waals surface area contributed by atoms with Crippen LogP contribution in [-0.2, 0) is 17.1 Å². The molecule has 1 atom stereocenters. The number of primary amides is 1. The fourth-order valence-electron chi connectivity index (χ4n) is 1.51. The van der Waals surface area contributed by atoms with Gasteiger partial charge in [0.05, 0.1) is 17.0 Å². The first-order chi connectivity index (χ1) is 8.44. The van der Waals surface area contributed by atoms with Crippen LogP contribution in [0.4, 0.5) is 26.3 Å². The number of carbonyl (C=O) groups excluding carboxylic acids is 1. The van der Waals surface area contributed by atoms with Gasteiger partial charge in [0.25, 0.3) is 0 Å². The Hall–Kier alpha value is -1.73. The molecule has 2 N–H and O–H groups in total. The van der Waals surface area contributed by atoms with Gasteiger partial charge in [-0.2, -0.15) is 26.3 Å². The molecule has 2 nitrogen and oxygen atoms in total. The summed E-state index contributed by atoms with van der Waals surface area (Å²) in [6, 6.07) is 0.926. The Balaban J connectivity index is 3.48. The highest BCUT2D eigenvalue weighted by Gasteiger charge is 2.38. The van der Waals surface area contributed by atoms with Gasteiger partial charge in [0.15, 0.2) is 0 Å². The lowest BCUT2D eigenvalue weighted by Gasteiger charge is -2.18. The van der Waals surface area contributed by atoms with Gasteiger partial charge in [0, 0.05) is 0 Å². The summed E-state index contributed by atoms with van der Waals surface area (Å²) in [4.78, 5) is 10.9. The van der Waals surface area contributed by atoms with Crippen molar-refractivity contribution in [1.82, 2.24) is 0 Å². The lowest BCUT2D eigenvalue weighted by atomic mass is 9.92. The molecule has 0 aliphatic rings. The zero-order valence-corrected chi connectivity index (χ0v) is 9.56. The number of carbonyl (C=O) groups is 1. The molecule has 1 rings (SSSR count). The van der Waals surface area contributed by atoms with Crippen molar-refractivity contribution in [2.24, 2.45) is 5.73 Å². The molecule has 19 heavy (non-hydrogen) atoms. The second-order valence-corrected chi connectivity index (χ2v) is 3.92. The molecule has 106 valence electrons. The van der Waals surface area contributed by atoms with Crippen LogP contribution in [0.5, 0.6) is 0 Å². The summed E-state index contributed by atoms with van der Waals surface area (Å²) < 4.78 is 75.4. The van der Waals surface area contributed by atoms with E-state index in [9.17, 15) is 31.1 Å². The van der Waals surface area contributed by atoms with Crippen molar-refractivity contribution in [2.45, 2.75) is 25.2 Å². The molecule has 1 unspecified atom stereocenters. The summed E-state index contributed by atoms with van der Waals surface area (Å²) in [5, 5.41) is 0. The molecule has 0 bridgehead atoms. The van der Waals surface area contributed by atoms with Gasteiger partial charge in [0.2, 0.25) is 5.91 Å². The van der Waals surface area contributed by atoms with Crippen LogP contribution in [0.3, 0.4) is 0 Å². The average Bonchev–Trinajstić information content (AvgIpc) is 2.24. The van der Waals surface area contributed by atoms with Crippen molar-refractivity contribution < 1.29 is 31.1 Å². The average molecular weight is 285 g/mol. The summed E-state index contributed by atoms with van der Waals surface area (Å²) in [6.45, 7) is 1.02. The maximum absolute atomic E-state index is 12.7. The standard InChI is InChI=1S/C11H9F6NO/c1-5(9(18)19)7-4-6(10(12,13)14)2-3-8(7)11(15,16)17/h2-5H,1H3,(H2,18,19). The largest absolute Gasteiger partial charge is 0.416 e. The van der Waals surface area contributed by atoms with E-state index in [0.717, 1.165) is 6.92 Å². The summed E-state index contributed by atoms with van der Waals surface area (Å²) >= 11 is 0. The molecule has 0 spiro atoms. The van der Waals surface area contributed by atoms with Crippen LogP contribution in [0.1, 0.15) is 29.5 Å². The zero-order chi connectivity index (χ0) is 15.0. The number of halogens is 6. The maximum Gasteiger partial charge on any atom is 0.416 e. The lowest BCUT2D eigenvalue weighted by molar-refractivity contribution is -0.142. The number of alkyl halides is 6. The third-order valence-electron chi connectivity index (χ3n) is 2.58. The van der Waals surface area contributed by atoms with Crippen LogP contribution in [0.25, 0.3) is 0 Å². The van der Waals surface area contributed by atoms with Crippen LogP contribution < -0.4 is 5.73 Å². The van der Waals surface area contributed by atoms with Gasteiger partial charge < -0.3 is 5.73 Å². The Morgan fingerprint density at radius 1 is 1.11 bits per heavy atom. The number of amides is 1. The van der Waals surface area contributed by atoms with E-state index >= 15 is 0 Å². The first-order valence-corrected chi connectivity index (χ1v) is 5.02. The van der Waals surface area contributed by atoms with Crippen LogP contribution in [-0.4, -0.2) is 5.91 Å². The molecule has 0 radical (unpaired) electrons. The Morgan fingerprint density at radius 2 is 1.63 bits per heavy atom. The van der Waals surface area contributed by atoms with E-state index in [1.807, 2.05) is 0 Å². The molecular weight excluding hydrogens is 276 g/mol. The Kier molecular flexibility index (Phi) is 3.83. The van der Waals surface area contributed by atoms with E-state index < -0.39 is 40.9 Å². The molecule has 0 aliphatic heterocycles. The van der Waals surface area contributed by atoms with Gasteiger partial charge >= 0.3 is 12.4 Å². The van der Waals surface area contributed by atoms with Gasteiger partial charge in [-0.25, -0.2) is 0 Å². The fraction of sp³-hybridized carbons (Fsp3) is 0.364. The molecule has 0 saturated heterocycles. The van der Waals surface area contributed by atoms with Crippen molar-refractivity contribution in [3.63, 3.8) is 0 Å². The molecular formula is C11H9F6NO. The zero-order valence-electron chi connectivity index (χ0n) is 9.56. The number of hydrogen-bond donors (Lipinski definition) is 1. The van der Waals surface area contributed by atoms with Crippen molar-refractivity contribution in [2.75, 3.05) is 0 Å². The molecule has 1 aromatic rings. The number of hydrogen-bond acceptors (Lipinski definition) is 1. The highest BCUT2D eigenvalue weighted by molar-refractivity contribution is 5.82. The van der Waals surface area contributed by atoms with Crippen LogP contribution in [0.15, 0.2) is 18.2 Å². The molecule has 8 heteroatoms. The second-order valence-electron chi connectivity index (χ2n) is 3.92. The molecule has 0 saturated carbocycles. The highest BCUT2D eigenvalue weighted by atomic mass is 19.4. The van der Waals surface area contributed by atoms with Crippen molar-refractivity contribution in [1.29, 1.82) is 0 Å². The summed E-state index contributed by atoms with van der Waals surface area (Å²) in [5.41, 5.74) is 1.51. The van der Waals surface area contributed by atoms with Gasteiger partial charge in [-0.15, -0.1) is 0 Å². The minimum absolute atomic E-state index is 0.303. The Morgan fingerprint density at radius 3 is 2.00 bits per heavy atom. The molecule has 0 aromatic heterocycles. The van der Waals surface area contributed by atoms with Gasteiger partial charge in [-0.05, 0) is 30.7 Å². The lowest BCUT2D eigenvalue weighted by Crippen LogP contribution is -2.23. The normalized spacial score (nSPS) is 14.3. The first-order valence-electron chi connectivity index (χ1n) is 5.02. The minimum atomic E-state index is -4.86. The third-order valence-corrected chi connectivity index (χ3v) is 2.58. The van der Waals surface area contributed by atoms with Crippen molar-refractivity contribution >= 4 is 5.91 Å². The minimum Gasteiger partial charge on any atom is -0.369 e. The molecule has 1 aromatic carbocycles. The SMILES string of the molecule is CC(C(N)=O)c1cc(C(F)(F)F)ccc1C(F)(F)F. The van der Waals surface area contributed by atoms with E-state index in [1.165, 1.54) is 0 Å². The van der Waals surface area contributed by atoms with Gasteiger partial charge in [0.1, 0.15) is 0 Å². The van der Waals surface area contributed by atoms with Crippen LogP contribution in [0.2, 0.25) is 0 Å². The monoisotopic (exact) mass is 285 g/mol. The van der Waals surface area contributed by atoms with Crippen molar-refractivity contribution in [3.05, 3.63) is 34.9 Å². The van der Waals surface area contributed by atoms with E-state index in [0.29, 0.717) is 18.2 Å². The molecule has 0 aliphatic carbocycles. The molecule has 1 amide bonds. The predicted molar refractivity (Wildman–Crippen MR) is 54.1 cm³/mol. The smallest absolute Gasteiger partial charge is 0.369 e. The van der Waals surface area contributed by atoms with Crippen molar-refractivity contribution in [3.8, 4) is 0 Å². The first kappa shape index (κ1) is 15.3. The topological polar surface area (TPSA) is 43.1 Å². The molecule has 0 heterocycles. The second kappa shape index (κ2) is 4.75. The summed E-state index contributed by atoms with van der Waals surface area (Å²) in [5.74, 6) is -2.61. The summed E-state index contributed by atoms with van der Waals surface area (Å²) in [7, 11) is 0. The quantitative estimate of drug-likeness (QED) is 0.832. The van der Waals surface area contributed by atoms with Crippen LogP contribution in [0, 0.1) is 0 Å². The van der Waals surface area contributed by atoms with E-state index in [4.69, 9.17) is 5.73 Å². The Labute approximate surface area is 104 Å². The predicted octanol–water partition coefficient (Wildman–Crippen LogP) is 3.31. The van der Waals surface area contributed by atoms with Gasteiger partial charge in [-0.1, -0.05) is 0 Å². The van der Waals surface area contributed by atoms with Gasteiger partial charge in [-0.3, -0.25) is 4.79 Å². The number of rotatable bonds is 2. The van der Waals surface area contributed by atoms with Crippen LogP contribution >= 0.6 is 0 Å². The summed E-state index contributed by atoms with van der Waals surface area (Å²) in [6.07, 6.45) is -9.65. The van der Waals surface area contributed by atoms with E-state index in [1.54, 1.807) is 0 Å². The third kappa shape index (κ3) is 3.39. The molecule has 0 fully saturated rings. The maximum atomic E-state index is 12.7. The number of benzene rings is 1.